The van der Waals surface area contributed by atoms with E-state index in [0.717, 1.165) is 34.0 Å². The molecule has 0 aliphatic heterocycles. The topological polar surface area (TPSA) is 29.1 Å². The standard InChI is InChI=1S/C24H20F3NO/c1-4-5-16-8-12-20(17-6-10-19(11-7-17)24(25,26)27)21-13-9-18(14-22(16)21)23(29)28-15(2)3/h6-15H,1-3H3,(H,28,29). The van der Waals surface area contributed by atoms with Crippen LogP contribution in [-0.2, 0) is 6.18 Å². The van der Waals surface area contributed by atoms with Crippen LogP contribution in [0, 0.1) is 11.8 Å². The van der Waals surface area contributed by atoms with E-state index in [2.05, 4.69) is 17.2 Å². The van der Waals surface area contributed by atoms with Crippen molar-refractivity contribution in [3.8, 4) is 23.0 Å². The minimum atomic E-state index is -4.38. The SMILES string of the molecule is CC#Cc1ccc(-c2ccc(C(F)(F)F)cc2)c2ccc(C(=O)NC(C)C)cc12. The second-order valence-corrected chi connectivity index (χ2v) is 7.00. The summed E-state index contributed by atoms with van der Waals surface area (Å²) in [6.45, 7) is 5.50. The summed E-state index contributed by atoms with van der Waals surface area (Å²) < 4.78 is 38.6. The summed E-state index contributed by atoms with van der Waals surface area (Å²) >= 11 is 0. The molecule has 3 aromatic carbocycles. The van der Waals surface area contributed by atoms with Crippen LogP contribution < -0.4 is 5.32 Å². The van der Waals surface area contributed by atoms with E-state index >= 15 is 0 Å². The highest BCUT2D eigenvalue weighted by Gasteiger charge is 2.30. The second kappa shape index (κ2) is 8.00. The van der Waals surface area contributed by atoms with E-state index in [1.807, 2.05) is 32.0 Å². The van der Waals surface area contributed by atoms with Gasteiger partial charge in [0.25, 0.3) is 5.91 Å². The Labute approximate surface area is 167 Å². The minimum Gasteiger partial charge on any atom is -0.350 e. The lowest BCUT2D eigenvalue weighted by atomic mass is 9.93. The Morgan fingerprint density at radius 3 is 2.24 bits per heavy atom. The maximum Gasteiger partial charge on any atom is 0.416 e. The molecule has 0 heterocycles. The summed E-state index contributed by atoms with van der Waals surface area (Å²) in [4.78, 5) is 12.4. The molecule has 148 valence electrons. The summed E-state index contributed by atoms with van der Waals surface area (Å²) in [5.74, 6) is 5.72. The van der Waals surface area contributed by atoms with E-state index in [9.17, 15) is 18.0 Å². The number of nitrogens with one attached hydrogen (secondary N) is 1. The molecule has 1 amide bonds. The van der Waals surface area contributed by atoms with Crippen molar-refractivity contribution in [3.05, 3.63) is 71.3 Å². The van der Waals surface area contributed by atoms with Crippen molar-refractivity contribution in [2.24, 2.45) is 0 Å². The number of rotatable bonds is 3. The van der Waals surface area contributed by atoms with Gasteiger partial charge in [-0.2, -0.15) is 13.2 Å². The van der Waals surface area contributed by atoms with Gasteiger partial charge in [-0.05, 0) is 73.0 Å². The quantitative estimate of drug-likeness (QED) is 0.539. The highest BCUT2D eigenvalue weighted by molar-refractivity contribution is 6.04. The highest BCUT2D eigenvalue weighted by Crippen LogP contribution is 2.34. The maximum atomic E-state index is 12.9. The van der Waals surface area contributed by atoms with Gasteiger partial charge >= 0.3 is 6.18 Å². The van der Waals surface area contributed by atoms with E-state index in [-0.39, 0.29) is 11.9 Å². The molecule has 0 aliphatic carbocycles. The van der Waals surface area contributed by atoms with Gasteiger partial charge in [-0.1, -0.05) is 30.2 Å². The molecule has 0 bridgehead atoms. The third-order valence-electron chi connectivity index (χ3n) is 4.48. The number of fused-ring (bicyclic) bond motifs is 1. The molecular weight excluding hydrogens is 375 g/mol. The zero-order chi connectivity index (χ0) is 21.2. The largest absolute Gasteiger partial charge is 0.416 e. The molecule has 0 aromatic heterocycles. The number of carbonyl (C=O) groups excluding carboxylic acids is 1. The lowest BCUT2D eigenvalue weighted by Gasteiger charge is -2.13. The van der Waals surface area contributed by atoms with Crippen molar-refractivity contribution in [3.63, 3.8) is 0 Å². The highest BCUT2D eigenvalue weighted by atomic mass is 19.4. The Morgan fingerprint density at radius 2 is 1.66 bits per heavy atom. The van der Waals surface area contributed by atoms with E-state index in [4.69, 9.17) is 0 Å². The first kappa shape index (κ1) is 20.5. The van der Waals surface area contributed by atoms with Gasteiger partial charge in [0.15, 0.2) is 0 Å². The summed E-state index contributed by atoms with van der Waals surface area (Å²) in [6, 6.07) is 14.1. The average molecular weight is 395 g/mol. The Balaban J connectivity index is 2.15. The Bertz CT molecular complexity index is 1120. The second-order valence-electron chi connectivity index (χ2n) is 7.00. The molecule has 0 saturated heterocycles. The number of hydrogen-bond acceptors (Lipinski definition) is 1. The minimum absolute atomic E-state index is 0.00609. The third kappa shape index (κ3) is 4.43. The molecule has 2 nitrogen and oxygen atoms in total. The average Bonchev–Trinajstić information content (AvgIpc) is 2.67. The number of hydrogen-bond donors (Lipinski definition) is 1. The van der Waals surface area contributed by atoms with Crippen LogP contribution >= 0.6 is 0 Å². The van der Waals surface area contributed by atoms with Crippen molar-refractivity contribution in [1.29, 1.82) is 0 Å². The smallest absolute Gasteiger partial charge is 0.350 e. The van der Waals surface area contributed by atoms with E-state index in [1.165, 1.54) is 12.1 Å². The molecule has 5 heteroatoms. The molecule has 1 N–H and O–H groups in total. The summed E-state index contributed by atoms with van der Waals surface area (Å²) in [7, 11) is 0. The van der Waals surface area contributed by atoms with Crippen LogP contribution in [0.5, 0.6) is 0 Å². The van der Waals surface area contributed by atoms with Crippen molar-refractivity contribution in [1.82, 2.24) is 5.32 Å². The molecule has 0 fully saturated rings. The van der Waals surface area contributed by atoms with Crippen LogP contribution in [-0.4, -0.2) is 11.9 Å². The zero-order valence-corrected chi connectivity index (χ0v) is 16.3. The molecule has 0 aliphatic rings. The fourth-order valence-corrected chi connectivity index (χ4v) is 3.17. The first-order valence-electron chi connectivity index (χ1n) is 9.18. The number of amides is 1. The summed E-state index contributed by atoms with van der Waals surface area (Å²) in [5, 5.41) is 4.47. The lowest BCUT2D eigenvalue weighted by molar-refractivity contribution is -0.137. The molecule has 3 aromatic rings. The van der Waals surface area contributed by atoms with E-state index in [1.54, 1.807) is 19.1 Å². The van der Waals surface area contributed by atoms with Crippen LogP contribution in [0.3, 0.4) is 0 Å². The van der Waals surface area contributed by atoms with Gasteiger partial charge in [-0.3, -0.25) is 4.79 Å². The Hall–Kier alpha value is -3.26. The van der Waals surface area contributed by atoms with Crippen molar-refractivity contribution >= 4 is 16.7 Å². The van der Waals surface area contributed by atoms with Crippen LogP contribution in [0.1, 0.15) is 42.3 Å². The van der Waals surface area contributed by atoms with E-state index < -0.39 is 11.7 Å². The summed E-state index contributed by atoms with van der Waals surface area (Å²) in [6.07, 6.45) is -4.38. The van der Waals surface area contributed by atoms with Gasteiger partial charge < -0.3 is 5.32 Å². The Morgan fingerprint density at radius 1 is 0.966 bits per heavy atom. The zero-order valence-electron chi connectivity index (χ0n) is 16.3. The molecular formula is C24H20F3NO. The third-order valence-corrected chi connectivity index (χ3v) is 4.48. The molecule has 0 saturated carbocycles. The monoisotopic (exact) mass is 395 g/mol. The van der Waals surface area contributed by atoms with Crippen molar-refractivity contribution in [2.75, 3.05) is 0 Å². The Kier molecular flexibility index (Phi) is 5.65. The van der Waals surface area contributed by atoms with Gasteiger partial charge in [-0.15, -0.1) is 5.92 Å². The first-order valence-corrected chi connectivity index (χ1v) is 9.18. The molecule has 0 radical (unpaired) electrons. The van der Waals surface area contributed by atoms with Crippen LogP contribution in [0.4, 0.5) is 13.2 Å². The summed E-state index contributed by atoms with van der Waals surface area (Å²) in [5.41, 5.74) is 2.03. The van der Waals surface area contributed by atoms with Crippen LogP contribution in [0.25, 0.3) is 21.9 Å². The van der Waals surface area contributed by atoms with Crippen LogP contribution in [0.2, 0.25) is 0 Å². The fourth-order valence-electron chi connectivity index (χ4n) is 3.17. The van der Waals surface area contributed by atoms with Gasteiger partial charge in [0.2, 0.25) is 0 Å². The molecule has 29 heavy (non-hydrogen) atoms. The maximum absolute atomic E-state index is 12.9. The van der Waals surface area contributed by atoms with E-state index in [0.29, 0.717) is 11.1 Å². The molecule has 0 unspecified atom stereocenters. The lowest BCUT2D eigenvalue weighted by Crippen LogP contribution is -2.30. The van der Waals surface area contributed by atoms with Gasteiger partial charge in [0.1, 0.15) is 0 Å². The number of carbonyl (C=O) groups is 1. The molecule has 0 spiro atoms. The first-order chi connectivity index (χ1) is 13.7. The van der Waals surface area contributed by atoms with Crippen molar-refractivity contribution in [2.45, 2.75) is 33.0 Å². The predicted octanol–water partition coefficient (Wildman–Crippen LogP) is 6.04. The number of benzene rings is 3. The predicted molar refractivity (Wildman–Crippen MR) is 110 cm³/mol. The fraction of sp³-hybridized carbons (Fsp3) is 0.208. The number of alkyl halides is 3. The normalized spacial score (nSPS) is 11.3. The number of halogens is 3. The van der Waals surface area contributed by atoms with Gasteiger partial charge in [-0.25, -0.2) is 0 Å². The van der Waals surface area contributed by atoms with Gasteiger partial charge in [0, 0.05) is 17.2 Å². The molecule has 3 rings (SSSR count). The van der Waals surface area contributed by atoms with Crippen LogP contribution in [0.15, 0.2) is 54.6 Å². The van der Waals surface area contributed by atoms with Gasteiger partial charge in [0.05, 0.1) is 5.56 Å². The van der Waals surface area contributed by atoms with Crippen molar-refractivity contribution < 1.29 is 18.0 Å². The molecule has 0 atom stereocenters.